The monoisotopic (exact) mass is 576 g/mol. The number of hydrogen-bond donors (Lipinski definition) is 8. The minimum Gasteiger partial charge on any atom is -0.462 e. The normalized spacial score (nSPS) is 34.7. The molecule has 0 bridgehead atoms. The molecule has 2 aromatic rings. The maximum atomic E-state index is 10.2. The van der Waals surface area contributed by atoms with E-state index < -0.39 is 74.6 Å². The van der Waals surface area contributed by atoms with Gasteiger partial charge in [-0.05, 0) is 35.4 Å². The summed E-state index contributed by atoms with van der Waals surface area (Å²) in [5, 5.41) is 78.7. The highest BCUT2D eigenvalue weighted by atomic mass is 16.7. The van der Waals surface area contributed by atoms with E-state index in [9.17, 15) is 40.9 Å². The second-order valence-electron chi connectivity index (χ2n) is 9.89. The largest absolute Gasteiger partial charge is 0.462 e. The van der Waals surface area contributed by atoms with Crippen molar-refractivity contribution in [2.45, 2.75) is 67.3 Å². The molecule has 0 amide bonds. The van der Waals surface area contributed by atoms with Gasteiger partial charge in [-0.2, -0.15) is 0 Å². The van der Waals surface area contributed by atoms with Gasteiger partial charge in [0.25, 0.3) is 0 Å². The van der Waals surface area contributed by atoms with Crippen molar-refractivity contribution >= 4 is 6.08 Å². The van der Waals surface area contributed by atoms with Crippen LogP contribution in [0.2, 0.25) is 0 Å². The lowest BCUT2D eigenvalue weighted by atomic mass is 9.97. The molecule has 2 aromatic carbocycles. The van der Waals surface area contributed by atoms with Crippen molar-refractivity contribution in [2.24, 2.45) is 0 Å². The van der Waals surface area contributed by atoms with Crippen LogP contribution in [0.25, 0.3) is 6.08 Å². The Morgan fingerprint density at radius 2 is 1.10 bits per heavy atom. The Balaban J connectivity index is 1.35. The Bertz CT molecular complexity index is 1140. The van der Waals surface area contributed by atoms with E-state index in [2.05, 4.69) is 6.58 Å². The lowest BCUT2D eigenvalue weighted by molar-refractivity contribution is -0.277. The van der Waals surface area contributed by atoms with E-state index in [4.69, 9.17) is 18.9 Å². The van der Waals surface area contributed by atoms with E-state index in [-0.39, 0.29) is 5.92 Å². The molecule has 0 saturated carbocycles. The first-order valence-electron chi connectivity index (χ1n) is 13.1. The molecule has 0 aromatic heterocycles. The first-order chi connectivity index (χ1) is 19.7. The van der Waals surface area contributed by atoms with Gasteiger partial charge in [0, 0.05) is 5.92 Å². The van der Waals surface area contributed by atoms with Crippen molar-refractivity contribution in [1.82, 2.24) is 0 Å². The van der Waals surface area contributed by atoms with Crippen LogP contribution in [-0.2, 0) is 9.47 Å². The number of aliphatic hydroxyl groups is 8. The molecule has 11 atom stereocenters. The minimum absolute atomic E-state index is 0.165. The lowest BCUT2D eigenvalue weighted by Gasteiger charge is -2.39. The maximum Gasteiger partial charge on any atom is 0.229 e. The van der Waals surface area contributed by atoms with Crippen LogP contribution in [0, 0.1) is 0 Å². The quantitative estimate of drug-likeness (QED) is 0.161. The number of benzene rings is 2. The molecule has 0 unspecified atom stereocenters. The average molecular weight is 577 g/mol. The Labute approximate surface area is 236 Å². The number of hydrogen-bond acceptors (Lipinski definition) is 12. The standard InChI is InChI=1S/C29H36O12/c1-2-16(17-7-11-19(12-8-17)39-29-27(37)25(35)23(33)21(14-31)41-29)6-3-15-4-9-18(10-5-15)38-28-26(36)24(34)22(32)20(13-30)40-28/h2-12,16,20-37H,1,13-14H2/b6-3+/t16-,20+,21+,22-,23-,24-,25-,26-,27-,28+,29+/m1/s1. The van der Waals surface area contributed by atoms with Gasteiger partial charge in [-0.1, -0.05) is 42.5 Å². The predicted octanol–water partition coefficient (Wildman–Crippen LogP) is -0.973. The Hall–Kier alpha value is -2.88. The van der Waals surface area contributed by atoms with Gasteiger partial charge >= 0.3 is 0 Å². The van der Waals surface area contributed by atoms with Gasteiger partial charge in [0.05, 0.1) is 13.2 Å². The van der Waals surface area contributed by atoms with Crippen LogP contribution >= 0.6 is 0 Å². The number of rotatable bonds is 10. The third-order valence-corrected chi connectivity index (χ3v) is 7.10. The van der Waals surface area contributed by atoms with Gasteiger partial charge in [-0.3, -0.25) is 0 Å². The zero-order chi connectivity index (χ0) is 29.7. The molecule has 0 radical (unpaired) electrons. The van der Waals surface area contributed by atoms with E-state index in [0.29, 0.717) is 11.5 Å². The van der Waals surface area contributed by atoms with Crippen LogP contribution in [0.15, 0.2) is 67.3 Å². The molecule has 2 aliphatic heterocycles. The lowest BCUT2D eigenvalue weighted by Crippen LogP contribution is -2.60. The smallest absolute Gasteiger partial charge is 0.229 e. The molecular weight excluding hydrogens is 540 g/mol. The third-order valence-electron chi connectivity index (χ3n) is 7.10. The zero-order valence-electron chi connectivity index (χ0n) is 22.0. The number of aliphatic hydroxyl groups excluding tert-OH is 8. The van der Waals surface area contributed by atoms with E-state index >= 15 is 0 Å². The molecule has 12 nitrogen and oxygen atoms in total. The van der Waals surface area contributed by atoms with Crippen molar-refractivity contribution in [1.29, 1.82) is 0 Å². The third kappa shape index (κ3) is 7.13. The molecule has 8 N–H and O–H groups in total. The summed E-state index contributed by atoms with van der Waals surface area (Å²) < 4.78 is 22.0. The fraction of sp³-hybridized carbons (Fsp3) is 0.448. The summed E-state index contributed by atoms with van der Waals surface area (Å²) in [6, 6.07) is 13.8. The highest BCUT2D eigenvalue weighted by Gasteiger charge is 2.45. The first-order valence-corrected chi connectivity index (χ1v) is 13.1. The average Bonchev–Trinajstić information content (AvgIpc) is 2.99. The van der Waals surface area contributed by atoms with Gasteiger partial charge in [0.15, 0.2) is 0 Å². The summed E-state index contributed by atoms with van der Waals surface area (Å²) in [5.41, 5.74) is 1.72. The highest BCUT2D eigenvalue weighted by molar-refractivity contribution is 5.53. The predicted molar refractivity (Wildman–Crippen MR) is 144 cm³/mol. The van der Waals surface area contributed by atoms with Crippen molar-refractivity contribution in [3.05, 3.63) is 78.4 Å². The summed E-state index contributed by atoms with van der Waals surface area (Å²) >= 11 is 0. The van der Waals surface area contributed by atoms with Crippen LogP contribution in [-0.4, -0.2) is 115 Å². The van der Waals surface area contributed by atoms with Crippen LogP contribution in [0.1, 0.15) is 17.0 Å². The fourth-order valence-electron chi connectivity index (χ4n) is 4.56. The molecule has 2 fully saturated rings. The van der Waals surface area contributed by atoms with Crippen LogP contribution in [0.5, 0.6) is 11.5 Å². The molecule has 12 heteroatoms. The van der Waals surface area contributed by atoms with Crippen LogP contribution in [0.4, 0.5) is 0 Å². The highest BCUT2D eigenvalue weighted by Crippen LogP contribution is 2.28. The van der Waals surface area contributed by atoms with Crippen molar-refractivity contribution in [3.8, 4) is 11.5 Å². The van der Waals surface area contributed by atoms with E-state index in [1.807, 2.05) is 12.2 Å². The van der Waals surface area contributed by atoms with Crippen molar-refractivity contribution in [3.63, 3.8) is 0 Å². The molecule has 41 heavy (non-hydrogen) atoms. The SMILES string of the molecule is C=C[C@H](/C=C/c1ccc(O[C@H]2O[C@@H](CO)[C@@H](O)[C@@H](O)[C@H]2O)cc1)c1ccc(O[C@H]2O[C@@H](CO)[C@@H](O)[C@@H](O)[C@H]2O)cc1. The molecule has 2 aliphatic rings. The van der Waals surface area contributed by atoms with Gasteiger partial charge in [0.2, 0.25) is 12.6 Å². The Morgan fingerprint density at radius 1 is 0.659 bits per heavy atom. The van der Waals surface area contributed by atoms with Gasteiger partial charge in [0.1, 0.15) is 60.3 Å². The minimum atomic E-state index is -1.53. The molecule has 2 saturated heterocycles. The summed E-state index contributed by atoms with van der Waals surface area (Å²) in [6.07, 6.45) is -8.15. The van der Waals surface area contributed by atoms with Gasteiger partial charge < -0.3 is 59.8 Å². The Morgan fingerprint density at radius 3 is 1.51 bits per heavy atom. The molecule has 2 heterocycles. The second-order valence-corrected chi connectivity index (χ2v) is 9.89. The fourth-order valence-corrected chi connectivity index (χ4v) is 4.56. The van der Waals surface area contributed by atoms with E-state index in [1.54, 1.807) is 54.6 Å². The summed E-state index contributed by atoms with van der Waals surface area (Å²) in [4.78, 5) is 0. The molecular formula is C29H36O12. The Kier molecular flexibility index (Phi) is 10.5. The van der Waals surface area contributed by atoms with Gasteiger partial charge in [-0.25, -0.2) is 0 Å². The van der Waals surface area contributed by atoms with Crippen LogP contribution < -0.4 is 9.47 Å². The van der Waals surface area contributed by atoms with E-state index in [1.165, 1.54) is 0 Å². The summed E-state index contributed by atoms with van der Waals surface area (Å²) in [5.74, 6) is 0.531. The van der Waals surface area contributed by atoms with Gasteiger partial charge in [-0.15, -0.1) is 6.58 Å². The molecule has 4 rings (SSSR count). The zero-order valence-corrected chi connectivity index (χ0v) is 22.0. The van der Waals surface area contributed by atoms with Crippen LogP contribution in [0.3, 0.4) is 0 Å². The first kappa shape index (κ1) is 31.1. The molecule has 0 aliphatic carbocycles. The maximum absolute atomic E-state index is 10.2. The summed E-state index contributed by atoms with van der Waals surface area (Å²) in [7, 11) is 0. The molecule has 0 spiro atoms. The number of allylic oxidation sites excluding steroid dienone is 2. The second kappa shape index (κ2) is 13.9. The molecule has 224 valence electrons. The summed E-state index contributed by atoms with van der Waals surface area (Å²) in [6.45, 7) is 2.80. The van der Waals surface area contributed by atoms with E-state index in [0.717, 1.165) is 11.1 Å². The van der Waals surface area contributed by atoms with Crippen molar-refractivity contribution in [2.75, 3.05) is 13.2 Å². The van der Waals surface area contributed by atoms with Crippen molar-refractivity contribution < 1.29 is 59.8 Å². The number of ether oxygens (including phenoxy) is 4. The topological polar surface area (TPSA) is 199 Å².